The minimum atomic E-state index is -4.58. The van der Waals surface area contributed by atoms with Crippen molar-refractivity contribution in [1.82, 2.24) is 9.97 Å². The summed E-state index contributed by atoms with van der Waals surface area (Å²) in [5.74, 6) is -0.437. The highest BCUT2D eigenvalue weighted by molar-refractivity contribution is 5.69. The van der Waals surface area contributed by atoms with Gasteiger partial charge in [-0.3, -0.25) is 4.79 Å². The van der Waals surface area contributed by atoms with Crippen molar-refractivity contribution in [3.63, 3.8) is 0 Å². The summed E-state index contributed by atoms with van der Waals surface area (Å²) in [7, 11) is 3.05. The van der Waals surface area contributed by atoms with Crippen LogP contribution < -0.4 is 4.90 Å². The molecule has 0 radical (unpaired) electrons. The second-order valence-corrected chi connectivity index (χ2v) is 2.98. The standard InChI is InChI=1S/C8H8F3N3O/c1-14(2)7-3-5(8(9,10)11)12-6(4-15)13-7/h3-4H,1-2H3. The third-order valence-corrected chi connectivity index (χ3v) is 1.58. The molecule has 1 aromatic rings. The number of carbonyl (C=O) groups is 1. The number of anilines is 1. The van der Waals surface area contributed by atoms with Crippen molar-refractivity contribution in [2.24, 2.45) is 0 Å². The fraction of sp³-hybridized carbons (Fsp3) is 0.375. The number of aldehydes is 1. The number of aromatic nitrogens is 2. The van der Waals surface area contributed by atoms with Crippen molar-refractivity contribution < 1.29 is 18.0 Å². The molecule has 0 N–H and O–H groups in total. The van der Waals surface area contributed by atoms with Crippen LogP contribution in [0.15, 0.2) is 6.07 Å². The smallest absolute Gasteiger partial charge is 0.363 e. The van der Waals surface area contributed by atoms with Gasteiger partial charge in [-0.1, -0.05) is 0 Å². The Kier molecular flexibility index (Phi) is 2.92. The first-order valence-electron chi connectivity index (χ1n) is 3.93. The molecule has 0 atom stereocenters. The van der Waals surface area contributed by atoms with E-state index < -0.39 is 17.7 Å². The molecule has 1 rings (SSSR count). The Labute approximate surface area is 83.7 Å². The molecule has 15 heavy (non-hydrogen) atoms. The van der Waals surface area contributed by atoms with E-state index in [1.54, 1.807) is 0 Å². The molecule has 82 valence electrons. The Bertz CT molecular complexity index is 376. The molecule has 7 heteroatoms. The summed E-state index contributed by atoms with van der Waals surface area (Å²) < 4.78 is 37.0. The molecule has 0 bridgehead atoms. The third kappa shape index (κ3) is 2.64. The Morgan fingerprint density at radius 3 is 2.33 bits per heavy atom. The molecule has 0 saturated carbocycles. The van der Waals surface area contributed by atoms with Gasteiger partial charge in [-0.05, 0) is 0 Å². The molecule has 0 aliphatic carbocycles. The van der Waals surface area contributed by atoms with Crippen molar-refractivity contribution in [1.29, 1.82) is 0 Å². The Morgan fingerprint density at radius 1 is 1.33 bits per heavy atom. The third-order valence-electron chi connectivity index (χ3n) is 1.58. The molecule has 0 aliphatic rings. The first-order valence-corrected chi connectivity index (χ1v) is 3.93. The Balaban J connectivity index is 3.29. The van der Waals surface area contributed by atoms with Crippen LogP contribution in [0.5, 0.6) is 0 Å². The number of alkyl halides is 3. The highest BCUT2D eigenvalue weighted by atomic mass is 19.4. The average molecular weight is 219 g/mol. The zero-order valence-corrected chi connectivity index (χ0v) is 8.04. The van der Waals surface area contributed by atoms with Crippen molar-refractivity contribution >= 4 is 12.1 Å². The molecular formula is C8H8F3N3O. The topological polar surface area (TPSA) is 46.1 Å². The van der Waals surface area contributed by atoms with Crippen LogP contribution in [0.3, 0.4) is 0 Å². The van der Waals surface area contributed by atoms with Crippen LogP contribution in [-0.4, -0.2) is 30.3 Å². The maximum Gasteiger partial charge on any atom is 0.433 e. The van der Waals surface area contributed by atoms with Crippen LogP contribution in [0.25, 0.3) is 0 Å². The van der Waals surface area contributed by atoms with Gasteiger partial charge in [0, 0.05) is 20.2 Å². The van der Waals surface area contributed by atoms with Crippen LogP contribution in [0.2, 0.25) is 0 Å². The number of hydrogen-bond acceptors (Lipinski definition) is 4. The predicted octanol–water partition coefficient (Wildman–Crippen LogP) is 1.37. The summed E-state index contributed by atoms with van der Waals surface area (Å²) in [6, 6.07) is 0.785. The Morgan fingerprint density at radius 2 is 1.93 bits per heavy atom. The quantitative estimate of drug-likeness (QED) is 0.705. The largest absolute Gasteiger partial charge is 0.433 e. The van der Waals surface area contributed by atoms with Gasteiger partial charge >= 0.3 is 6.18 Å². The van der Waals surface area contributed by atoms with Gasteiger partial charge in [0.2, 0.25) is 0 Å². The predicted molar refractivity (Wildman–Crippen MR) is 46.7 cm³/mol. The van der Waals surface area contributed by atoms with Gasteiger partial charge < -0.3 is 4.90 Å². The maximum absolute atomic E-state index is 12.3. The van der Waals surface area contributed by atoms with E-state index >= 15 is 0 Å². The summed E-state index contributed by atoms with van der Waals surface area (Å²) in [6.45, 7) is 0. The molecule has 0 fully saturated rings. The summed E-state index contributed by atoms with van der Waals surface area (Å²) in [5.41, 5.74) is -1.12. The zero-order chi connectivity index (χ0) is 11.6. The monoisotopic (exact) mass is 219 g/mol. The lowest BCUT2D eigenvalue weighted by Crippen LogP contribution is -2.17. The molecule has 0 unspecified atom stereocenters. The lowest BCUT2D eigenvalue weighted by Gasteiger charge is -2.13. The van der Waals surface area contributed by atoms with Crippen LogP contribution in [-0.2, 0) is 6.18 Å². The lowest BCUT2D eigenvalue weighted by molar-refractivity contribution is -0.141. The maximum atomic E-state index is 12.3. The van der Waals surface area contributed by atoms with Crippen molar-refractivity contribution in [2.45, 2.75) is 6.18 Å². The van der Waals surface area contributed by atoms with E-state index in [2.05, 4.69) is 9.97 Å². The van der Waals surface area contributed by atoms with Crippen LogP contribution in [0.4, 0.5) is 19.0 Å². The van der Waals surface area contributed by atoms with Gasteiger partial charge in [0.15, 0.2) is 17.8 Å². The second kappa shape index (κ2) is 3.84. The molecule has 1 heterocycles. The van der Waals surface area contributed by atoms with Crippen LogP contribution in [0.1, 0.15) is 16.3 Å². The summed E-state index contributed by atoms with van der Waals surface area (Å²) >= 11 is 0. The van der Waals surface area contributed by atoms with E-state index in [-0.39, 0.29) is 12.1 Å². The van der Waals surface area contributed by atoms with E-state index in [4.69, 9.17) is 0 Å². The van der Waals surface area contributed by atoms with Crippen molar-refractivity contribution in [3.8, 4) is 0 Å². The van der Waals surface area contributed by atoms with Gasteiger partial charge in [-0.2, -0.15) is 13.2 Å². The van der Waals surface area contributed by atoms with E-state index in [0.717, 1.165) is 6.07 Å². The molecular weight excluding hydrogens is 211 g/mol. The van der Waals surface area contributed by atoms with E-state index in [1.165, 1.54) is 19.0 Å². The highest BCUT2D eigenvalue weighted by Crippen LogP contribution is 2.29. The van der Waals surface area contributed by atoms with E-state index in [0.29, 0.717) is 0 Å². The number of hydrogen-bond donors (Lipinski definition) is 0. The number of rotatable bonds is 2. The molecule has 0 spiro atoms. The van der Waals surface area contributed by atoms with Crippen molar-refractivity contribution in [3.05, 3.63) is 17.6 Å². The fourth-order valence-electron chi connectivity index (χ4n) is 0.880. The SMILES string of the molecule is CN(C)c1cc(C(F)(F)F)nc(C=O)n1. The van der Waals surface area contributed by atoms with E-state index in [9.17, 15) is 18.0 Å². The summed E-state index contributed by atoms with van der Waals surface area (Å²) in [6.07, 6.45) is -4.40. The average Bonchev–Trinajstić information content (AvgIpc) is 2.15. The molecule has 0 saturated heterocycles. The molecule has 0 aliphatic heterocycles. The molecule has 0 aromatic carbocycles. The van der Waals surface area contributed by atoms with Gasteiger partial charge in [-0.25, -0.2) is 9.97 Å². The van der Waals surface area contributed by atoms with Gasteiger partial charge in [0.05, 0.1) is 0 Å². The normalized spacial score (nSPS) is 11.3. The molecule has 0 amide bonds. The first-order chi connectivity index (χ1) is 6.84. The highest BCUT2D eigenvalue weighted by Gasteiger charge is 2.33. The van der Waals surface area contributed by atoms with Crippen molar-refractivity contribution in [2.75, 3.05) is 19.0 Å². The first kappa shape index (κ1) is 11.4. The van der Waals surface area contributed by atoms with Gasteiger partial charge in [0.25, 0.3) is 0 Å². The lowest BCUT2D eigenvalue weighted by atomic mass is 10.3. The molecule has 1 aromatic heterocycles. The second-order valence-electron chi connectivity index (χ2n) is 2.98. The van der Waals surface area contributed by atoms with Gasteiger partial charge in [0.1, 0.15) is 5.82 Å². The number of carbonyl (C=O) groups excluding carboxylic acids is 1. The Hall–Kier alpha value is -1.66. The number of nitrogens with zero attached hydrogens (tertiary/aromatic N) is 3. The van der Waals surface area contributed by atoms with E-state index in [1.807, 2.05) is 0 Å². The van der Waals surface area contributed by atoms with Gasteiger partial charge in [-0.15, -0.1) is 0 Å². The minimum absolute atomic E-state index is 0.0411. The number of halogens is 3. The zero-order valence-electron chi connectivity index (χ0n) is 8.04. The minimum Gasteiger partial charge on any atom is -0.363 e. The van der Waals surface area contributed by atoms with Crippen LogP contribution in [0, 0.1) is 0 Å². The summed E-state index contributed by atoms with van der Waals surface area (Å²) in [5, 5.41) is 0. The molecule has 4 nitrogen and oxygen atoms in total. The summed E-state index contributed by atoms with van der Waals surface area (Å²) in [4.78, 5) is 18.4. The van der Waals surface area contributed by atoms with Crippen LogP contribution >= 0.6 is 0 Å². The fourth-order valence-corrected chi connectivity index (χ4v) is 0.880.